The van der Waals surface area contributed by atoms with E-state index in [1.54, 1.807) is 16.8 Å². The van der Waals surface area contributed by atoms with E-state index in [9.17, 15) is 4.79 Å². The summed E-state index contributed by atoms with van der Waals surface area (Å²) in [5.41, 5.74) is 0.725. The van der Waals surface area contributed by atoms with Gasteiger partial charge in [-0.25, -0.2) is 9.97 Å². The number of nitrogens with zero attached hydrogens (tertiary/aromatic N) is 3. The standard InChI is InChI=1S/C13H15N3O2/c1-9-14-7-10-8-16(11-2-4-18-5-3-11)13(17)6-12(10)15-9/h6-8,11H,2-5H2,1H3. The molecular formula is C13H15N3O2. The predicted octanol–water partition coefficient (Wildman–Crippen LogP) is 1.45. The molecular weight excluding hydrogens is 230 g/mol. The van der Waals surface area contributed by atoms with Crippen LogP contribution in [0.25, 0.3) is 10.9 Å². The van der Waals surface area contributed by atoms with E-state index >= 15 is 0 Å². The van der Waals surface area contributed by atoms with Gasteiger partial charge in [-0.1, -0.05) is 0 Å². The molecule has 0 spiro atoms. The van der Waals surface area contributed by atoms with Crippen LogP contribution in [0.3, 0.4) is 0 Å². The molecule has 0 bridgehead atoms. The van der Waals surface area contributed by atoms with E-state index in [0.717, 1.165) is 37.0 Å². The number of fused-ring (bicyclic) bond motifs is 1. The van der Waals surface area contributed by atoms with Crippen LogP contribution in [0.4, 0.5) is 0 Å². The Hall–Kier alpha value is -1.75. The molecule has 0 saturated carbocycles. The minimum atomic E-state index is 0.00694. The van der Waals surface area contributed by atoms with Crippen molar-refractivity contribution < 1.29 is 4.74 Å². The minimum absolute atomic E-state index is 0.00694. The Morgan fingerprint density at radius 3 is 2.94 bits per heavy atom. The number of hydrogen-bond donors (Lipinski definition) is 0. The van der Waals surface area contributed by atoms with E-state index in [4.69, 9.17) is 4.74 Å². The van der Waals surface area contributed by atoms with Crippen molar-refractivity contribution in [3.05, 3.63) is 34.6 Å². The van der Waals surface area contributed by atoms with Crippen molar-refractivity contribution in [1.29, 1.82) is 0 Å². The third kappa shape index (κ3) is 2.01. The molecule has 5 nitrogen and oxygen atoms in total. The highest BCUT2D eigenvalue weighted by molar-refractivity contribution is 5.76. The number of rotatable bonds is 1. The topological polar surface area (TPSA) is 57.0 Å². The van der Waals surface area contributed by atoms with Crippen LogP contribution < -0.4 is 5.56 Å². The van der Waals surface area contributed by atoms with Crippen LogP contribution in [0.15, 0.2) is 23.3 Å². The molecule has 1 fully saturated rings. The van der Waals surface area contributed by atoms with Gasteiger partial charge in [-0.2, -0.15) is 0 Å². The Balaban J connectivity index is 2.09. The lowest BCUT2D eigenvalue weighted by Gasteiger charge is -2.24. The zero-order valence-corrected chi connectivity index (χ0v) is 10.3. The van der Waals surface area contributed by atoms with Gasteiger partial charge in [-0.05, 0) is 19.8 Å². The molecule has 0 aliphatic carbocycles. The summed E-state index contributed by atoms with van der Waals surface area (Å²) in [5, 5.41) is 0.909. The summed E-state index contributed by atoms with van der Waals surface area (Å²) in [7, 11) is 0. The highest BCUT2D eigenvalue weighted by atomic mass is 16.5. The Morgan fingerprint density at radius 2 is 2.17 bits per heavy atom. The number of hydrogen-bond acceptors (Lipinski definition) is 4. The van der Waals surface area contributed by atoms with E-state index in [-0.39, 0.29) is 11.6 Å². The van der Waals surface area contributed by atoms with Crippen molar-refractivity contribution in [2.75, 3.05) is 13.2 Å². The lowest BCUT2D eigenvalue weighted by molar-refractivity contribution is 0.0688. The van der Waals surface area contributed by atoms with Crippen molar-refractivity contribution >= 4 is 10.9 Å². The summed E-state index contributed by atoms with van der Waals surface area (Å²) in [5.74, 6) is 0.686. The Labute approximate surface area is 104 Å². The summed E-state index contributed by atoms with van der Waals surface area (Å²) in [6, 6.07) is 1.83. The number of aromatic nitrogens is 3. The van der Waals surface area contributed by atoms with Gasteiger partial charge >= 0.3 is 0 Å². The van der Waals surface area contributed by atoms with Gasteiger partial charge < -0.3 is 9.30 Å². The maximum Gasteiger partial charge on any atom is 0.252 e. The van der Waals surface area contributed by atoms with Crippen molar-refractivity contribution in [1.82, 2.24) is 14.5 Å². The van der Waals surface area contributed by atoms with Crippen LogP contribution in [-0.4, -0.2) is 27.7 Å². The summed E-state index contributed by atoms with van der Waals surface area (Å²) in [6.45, 7) is 3.27. The zero-order chi connectivity index (χ0) is 12.5. The Bertz CT molecular complexity index is 630. The fourth-order valence-electron chi connectivity index (χ4n) is 2.37. The second kappa shape index (κ2) is 4.49. The summed E-state index contributed by atoms with van der Waals surface area (Å²) < 4.78 is 7.12. The molecule has 0 aromatic carbocycles. The van der Waals surface area contributed by atoms with Crippen molar-refractivity contribution in [2.24, 2.45) is 0 Å². The van der Waals surface area contributed by atoms with Crippen molar-refractivity contribution in [3.63, 3.8) is 0 Å². The fraction of sp³-hybridized carbons (Fsp3) is 0.462. The molecule has 1 saturated heterocycles. The molecule has 94 valence electrons. The molecule has 2 aromatic rings. The quantitative estimate of drug-likeness (QED) is 0.763. The summed E-state index contributed by atoms with van der Waals surface area (Å²) in [6.07, 6.45) is 5.41. The molecule has 2 aromatic heterocycles. The number of aryl methyl sites for hydroxylation is 1. The highest BCUT2D eigenvalue weighted by Crippen LogP contribution is 2.20. The smallest absolute Gasteiger partial charge is 0.252 e. The lowest BCUT2D eigenvalue weighted by atomic mass is 10.1. The summed E-state index contributed by atoms with van der Waals surface area (Å²) >= 11 is 0. The molecule has 3 heterocycles. The van der Waals surface area contributed by atoms with Gasteiger partial charge in [0.05, 0.1) is 5.52 Å². The molecule has 0 amide bonds. The predicted molar refractivity (Wildman–Crippen MR) is 67.6 cm³/mol. The first-order valence-electron chi connectivity index (χ1n) is 6.17. The number of ether oxygens (including phenoxy) is 1. The van der Waals surface area contributed by atoms with Gasteiger partial charge in [0, 0.05) is 43.1 Å². The SMILES string of the molecule is Cc1ncc2cn(C3CCOCC3)c(=O)cc2n1. The Kier molecular flexibility index (Phi) is 2.83. The van der Waals surface area contributed by atoms with Crippen LogP contribution in [0.1, 0.15) is 24.7 Å². The monoisotopic (exact) mass is 245 g/mol. The van der Waals surface area contributed by atoms with Gasteiger partial charge in [0.2, 0.25) is 0 Å². The first kappa shape index (κ1) is 11.3. The largest absolute Gasteiger partial charge is 0.381 e. The third-order valence-electron chi connectivity index (χ3n) is 3.35. The minimum Gasteiger partial charge on any atom is -0.381 e. The number of pyridine rings is 1. The molecule has 0 unspecified atom stereocenters. The van der Waals surface area contributed by atoms with Gasteiger partial charge in [-0.15, -0.1) is 0 Å². The van der Waals surface area contributed by atoms with E-state index < -0.39 is 0 Å². The van der Waals surface area contributed by atoms with Crippen molar-refractivity contribution in [2.45, 2.75) is 25.8 Å². The lowest BCUT2D eigenvalue weighted by Crippen LogP contribution is -2.28. The molecule has 5 heteroatoms. The van der Waals surface area contributed by atoms with Gasteiger partial charge in [0.25, 0.3) is 5.56 Å². The van der Waals surface area contributed by atoms with Crippen LogP contribution in [0, 0.1) is 6.92 Å². The molecule has 0 atom stereocenters. The normalized spacial score (nSPS) is 17.2. The van der Waals surface area contributed by atoms with Crippen LogP contribution >= 0.6 is 0 Å². The van der Waals surface area contributed by atoms with E-state index in [1.165, 1.54) is 0 Å². The average Bonchev–Trinajstić information content (AvgIpc) is 2.39. The maximum absolute atomic E-state index is 12.1. The second-order valence-electron chi connectivity index (χ2n) is 4.62. The van der Waals surface area contributed by atoms with Crippen LogP contribution in [0.5, 0.6) is 0 Å². The third-order valence-corrected chi connectivity index (χ3v) is 3.35. The van der Waals surface area contributed by atoms with Gasteiger partial charge in [0.15, 0.2) is 0 Å². The zero-order valence-electron chi connectivity index (χ0n) is 10.3. The van der Waals surface area contributed by atoms with E-state index in [1.807, 2.05) is 13.1 Å². The molecule has 18 heavy (non-hydrogen) atoms. The molecule has 3 rings (SSSR count). The second-order valence-corrected chi connectivity index (χ2v) is 4.62. The van der Waals surface area contributed by atoms with Crippen molar-refractivity contribution in [3.8, 4) is 0 Å². The fourth-order valence-corrected chi connectivity index (χ4v) is 2.37. The Morgan fingerprint density at radius 1 is 1.39 bits per heavy atom. The average molecular weight is 245 g/mol. The molecule has 1 aliphatic rings. The first-order chi connectivity index (χ1) is 8.74. The highest BCUT2D eigenvalue weighted by Gasteiger charge is 2.17. The van der Waals surface area contributed by atoms with E-state index in [2.05, 4.69) is 9.97 Å². The van der Waals surface area contributed by atoms with Gasteiger partial charge in [-0.3, -0.25) is 4.79 Å². The van der Waals surface area contributed by atoms with Crippen LogP contribution in [0.2, 0.25) is 0 Å². The molecule has 0 radical (unpaired) electrons. The van der Waals surface area contributed by atoms with Crippen LogP contribution in [-0.2, 0) is 4.74 Å². The van der Waals surface area contributed by atoms with E-state index in [0.29, 0.717) is 5.82 Å². The first-order valence-corrected chi connectivity index (χ1v) is 6.17. The van der Waals surface area contributed by atoms with Gasteiger partial charge in [0.1, 0.15) is 5.82 Å². The molecule has 0 N–H and O–H groups in total. The molecule has 1 aliphatic heterocycles. The maximum atomic E-state index is 12.1. The summed E-state index contributed by atoms with van der Waals surface area (Å²) in [4.78, 5) is 20.6.